The highest BCUT2D eigenvalue weighted by molar-refractivity contribution is 5.69. The number of rotatable bonds is 21. The summed E-state index contributed by atoms with van der Waals surface area (Å²) in [6.07, 6.45) is 17.5. The predicted molar refractivity (Wildman–Crippen MR) is 177 cm³/mol. The Hall–Kier alpha value is -1.07. The number of likely N-dealkylation sites (N-methyl/N-ethyl adjacent to an activating group) is 1. The van der Waals surface area contributed by atoms with Crippen molar-refractivity contribution in [1.29, 1.82) is 0 Å². The number of aromatic hydroxyl groups is 1. The number of esters is 1. The number of phenolic OH excluding ortho intramolecular Hbond substituents is 1. The third-order valence-electron chi connectivity index (χ3n) is 9.06. The summed E-state index contributed by atoms with van der Waals surface area (Å²) in [6, 6.07) is 4.14. The molecule has 0 bridgehead atoms. The second kappa shape index (κ2) is 20.8. The summed E-state index contributed by atoms with van der Waals surface area (Å²) in [5.41, 5.74) is 2.64. The molecule has 42 heavy (non-hydrogen) atoms. The van der Waals surface area contributed by atoms with Crippen molar-refractivity contribution in [2.24, 2.45) is 0 Å². The lowest BCUT2D eigenvalue weighted by Crippen LogP contribution is -3.00. The highest BCUT2D eigenvalue weighted by atomic mass is 79.9. The Kier molecular flexibility index (Phi) is 20.3. The maximum absolute atomic E-state index is 12.7. The zero-order valence-corrected chi connectivity index (χ0v) is 30.8. The van der Waals surface area contributed by atoms with Crippen molar-refractivity contribution in [3.8, 4) is 5.75 Å². The molecule has 5 heteroatoms. The highest BCUT2D eigenvalue weighted by Gasteiger charge is 2.27. The fraction of sp³-hybridized carbons (Fsp3) is 0.811. The highest BCUT2D eigenvalue weighted by Crippen LogP contribution is 2.40. The summed E-state index contributed by atoms with van der Waals surface area (Å²) in [7, 11) is 0. The Morgan fingerprint density at radius 1 is 0.714 bits per heavy atom. The van der Waals surface area contributed by atoms with Crippen LogP contribution in [0.3, 0.4) is 0 Å². The lowest BCUT2D eigenvalue weighted by atomic mass is 9.78. The first-order chi connectivity index (χ1) is 19.3. The number of ether oxygens (including phenoxy) is 1. The minimum atomic E-state index is -0.171. The van der Waals surface area contributed by atoms with Gasteiger partial charge in [-0.25, -0.2) is 0 Å². The van der Waals surface area contributed by atoms with E-state index < -0.39 is 0 Å². The van der Waals surface area contributed by atoms with Gasteiger partial charge in [0.15, 0.2) is 0 Å². The smallest absolute Gasteiger partial charge is 0.306 e. The number of halogens is 1. The van der Waals surface area contributed by atoms with Gasteiger partial charge < -0.3 is 31.3 Å². The number of benzene rings is 1. The van der Waals surface area contributed by atoms with Crippen molar-refractivity contribution in [3.05, 3.63) is 28.8 Å². The Balaban J connectivity index is 0.0000168. The fourth-order valence-corrected chi connectivity index (χ4v) is 5.91. The van der Waals surface area contributed by atoms with E-state index in [0.29, 0.717) is 25.2 Å². The molecule has 0 radical (unpaired) electrons. The summed E-state index contributed by atoms with van der Waals surface area (Å²) in [4.78, 5) is 12.7. The summed E-state index contributed by atoms with van der Waals surface area (Å²) in [6.45, 7) is 24.3. The van der Waals surface area contributed by atoms with Crippen molar-refractivity contribution in [3.63, 3.8) is 0 Å². The van der Waals surface area contributed by atoms with Crippen LogP contribution in [0.15, 0.2) is 12.1 Å². The third kappa shape index (κ3) is 15.6. The number of phenols is 1. The van der Waals surface area contributed by atoms with E-state index in [9.17, 15) is 9.90 Å². The van der Waals surface area contributed by atoms with E-state index >= 15 is 0 Å². The Morgan fingerprint density at radius 3 is 1.55 bits per heavy atom. The van der Waals surface area contributed by atoms with Crippen LogP contribution in [0.25, 0.3) is 0 Å². The van der Waals surface area contributed by atoms with Crippen LogP contribution in [0.5, 0.6) is 5.75 Å². The SMILES string of the molecule is CCCCCCCCCCCCCC[N+](CC)(CC)CCOC(=O)CCc1cc(C(C)(C)C)c(O)c(C(C)(C)C)c1.[Br-]. The van der Waals surface area contributed by atoms with Crippen LogP contribution < -0.4 is 17.0 Å². The maximum atomic E-state index is 12.7. The molecule has 1 N–H and O–H groups in total. The second-order valence-corrected chi connectivity index (χ2v) is 14.6. The van der Waals surface area contributed by atoms with E-state index in [-0.39, 0.29) is 33.8 Å². The quantitative estimate of drug-likeness (QED) is 0.0881. The molecule has 0 aliphatic rings. The van der Waals surface area contributed by atoms with Crippen LogP contribution in [0.4, 0.5) is 0 Å². The maximum Gasteiger partial charge on any atom is 0.306 e. The molecular weight excluding hydrogens is 586 g/mol. The van der Waals surface area contributed by atoms with E-state index in [0.717, 1.165) is 40.8 Å². The summed E-state index contributed by atoms with van der Waals surface area (Å²) >= 11 is 0. The molecule has 246 valence electrons. The lowest BCUT2D eigenvalue weighted by molar-refractivity contribution is -0.925. The van der Waals surface area contributed by atoms with E-state index in [1.54, 1.807) is 0 Å². The van der Waals surface area contributed by atoms with Crippen molar-refractivity contribution >= 4 is 5.97 Å². The van der Waals surface area contributed by atoms with Gasteiger partial charge in [0.05, 0.1) is 19.6 Å². The van der Waals surface area contributed by atoms with E-state index in [1.807, 2.05) is 0 Å². The summed E-state index contributed by atoms with van der Waals surface area (Å²) < 4.78 is 6.79. The number of carbonyl (C=O) groups excluding carboxylic acids is 1. The van der Waals surface area contributed by atoms with Crippen LogP contribution in [0.1, 0.15) is 162 Å². The zero-order chi connectivity index (χ0) is 30.9. The number of unbranched alkanes of at least 4 members (excludes halogenated alkanes) is 11. The molecule has 0 aliphatic heterocycles. The second-order valence-electron chi connectivity index (χ2n) is 14.6. The van der Waals surface area contributed by atoms with Crippen LogP contribution in [-0.2, 0) is 26.8 Å². The van der Waals surface area contributed by atoms with Gasteiger partial charge in [-0.3, -0.25) is 4.79 Å². The van der Waals surface area contributed by atoms with Gasteiger partial charge in [-0.15, -0.1) is 0 Å². The van der Waals surface area contributed by atoms with Crippen LogP contribution in [-0.4, -0.2) is 48.3 Å². The molecule has 0 spiro atoms. The number of quaternary nitrogens is 1. The molecule has 0 amide bonds. The van der Waals surface area contributed by atoms with Gasteiger partial charge in [-0.2, -0.15) is 0 Å². The van der Waals surface area contributed by atoms with Crippen molar-refractivity contribution in [2.75, 3.05) is 32.8 Å². The molecule has 0 fully saturated rings. The number of hydrogen-bond acceptors (Lipinski definition) is 3. The van der Waals surface area contributed by atoms with Crippen LogP contribution in [0.2, 0.25) is 0 Å². The van der Waals surface area contributed by atoms with Gasteiger partial charge in [0.25, 0.3) is 0 Å². The molecule has 0 atom stereocenters. The largest absolute Gasteiger partial charge is 1.00 e. The molecule has 0 unspecified atom stereocenters. The fourth-order valence-electron chi connectivity index (χ4n) is 5.91. The predicted octanol–water partition coefficient (Wildman–Crippen LogP) is 7.02. The monoisotopic (exact) mass is 653 g/mol. The van der Waals surface area contributed by atoms with Crippen LogP contribution in [0, 0.1) is 0 Å². The first kappa shape index (κ1) is 40.9. The molecule has 0 saturated carbocycles. The standard InChI is InChI=1S/C37H67NO3.BrH/c1-10-13-14-15-16-17-18-19-20-21-22-23-26-38(11-2,12-3)27-28-41-34(39)25-24-31-29-32(36(4,5)6)35(40)33(30-31)37(7,8)9;/h29-30H,10-28H2,1-9H3;1H. The average Bonchev–Trinajstić information content (AvgIpc) is 2.90. The summed E-state index contributed by atoms with van der Waals surface area (Å²) in [5.74, 6) is 0.265. The first-order valence-electron chi connectivity index (χ1n) is 17.2. The van der Waals surface area contributed by atoms with Crippen molar-refractivity contribution < 1.29 is 36.1 Å². The van der Waals surface area contributed by atoms with Gasteiger partial charge in [-0.1, -0.05) is 125 Å². The van der Waals surface area contributed by atoms with Gasteiger partial charge in [0.2, 0.25) is 0 Å². The van der Waals surface area contributed by atoms with E-state index in [2.05, 4.69) is 74.4 Å². The molecule has 4 nitrogen and oxygen atoms in total. The molecular formula is C37H68BrNO3. The number of nitrogens with zero attached hydrogens (tertiary/aromatic N) is 1. The number of carbonyl (C=O) groups is 1. The Labute approximate surface area is 271 Å². The topological polar surface area (TPSA) is 46.5 Å². The number of hydrogen-bond donors (Lipinski definition) is 1. The van der Waals surface area contributed by atoms with Gasteiger partial charge in [0.1, 0.15) is 18.9 Å². The molecule has 1 rings (SSSR count). The normalized spacial score (nSPS) is 12.3. The van der Waals surface area contributed by atoms with E-state index in [4.69, 9.17) is 4.74 Å². The Morgan fingerprint density at radius 2 is 1.14 bits per heavy atom. The van der Waals surface area contributed by atoms with Crippen LogP contribution >= 0.6 is 0 Å². The van der Waals surface area contributed by atoms with Gasteiger partial charge >= 0.3 is 5.97 Å². The van der Waals surface area contributed by atoms with Crippen molar-refractivity contribution in [1.82, 2.24) is 0 Å². The molecule has 0 aromatic heterocycles. The van der Waals surface area contributed by atoms with Gasteiger partial charge in [0, 0.05) is 6.42 Å². The third-order valence-corrected chi connectivity index (χ3v) is 9.06. The molecule has 1 aromatic carbocycles. The summed E-state index contributed by atoms with van der Waals surface area (Å²) in [5, 5.41) is 11.0. The first-order valence-corrected chi connectivity index (χ1v) is 17.2. The Bertz CT molecular complexity index is 830. The van der Waals surface area contributed by atoms with Crippen molar-refractivity contribution in [2.45, 2.75) is 163 Å². The molecule has 1 aromatic rings. The van der Waals surface area contributed by atoms with Gasteiger partial charge in [-0.05, 0) is 60.6 Å². The molecule has 0 heterocycles. The van der Waals surface area contributed by atoms with E-state index in [1.165, 1.54) is 83.6 Å². The molecule has 0 saturated heterocycles. The molecule has 0 aliphatic carbocycles. The zero-order valence-electron chi connectivity index (χ0n) is 29.2. The lowest BCUT2D eigenvalue weighted by Gasteiger charge is -2.36. The minimum Gasteiger partial charge on any atom is -1.00 e. The number of aryl methyl sites for hydroxylation is 1. The minimum absolute atomic E-state index is 0. The average molecular weight is 655 g/mol.